The Kier molecular flexibility index (Phi) is 5.85. The fourth-order valence-corrected chi connectivity index (χ4v) is 4.03. The summed E-state index contributed by atoms with van der Waals surface area (Å²) < 4.78 is 5.33. The van der Waals surface area contributed by atoms with E-state index in [0.717, 1.165) is 38.3 Å². The lowest BCUT2D eigenvalue weighted by atomic mass is 10.1. The molecule has 0 aliphatic carbocycles. The summed E-state index contributed by atoms with van der Waals surface area (Å²) in [7, 11) is 2.17. The second kappa shape index (κ2) is 8.68. The molecule has 6 nitrogen and oxygen atoms in total. The van der Waals surface area contributed by atoms with Crippen LogP contribution in [0, 0.1) is 0 Å². The van der Waals surface area contributed by atoms with Crippen molar-refractivity contribution in [3.05, 3.63) is 64.9 Å². The molecule has 3 heterocycles. The summed E-state index contributed by atoms with van der Waals surface area (Å²) in [6, 6.07) is 12.1. The van der Waals surface area contributed by atoms with E-state index in [1.165, 1.54) is 16.9 Å². The van der Waals surface area contributed by atoms with Crippen LogP contribution in [0.25, 0.3) is 10.8 Å². The third-order valence-electron chi connectivity index (χ3n) is 4.92. The Bertz CT molecular complexity index is 914. The molecule has 0 spiro atoms. The number of hydrogen-bond acceptors (Lipinski definition) is 6. The van der Waals surface area contributed by atoms with Gasteiger partial charge in [0, 0.05) is 44.6 Å². The minimum Gasteiger partial charge on any atom is -0.462 e. The molecule has 1 amide bonds. The molecule has 1 saturated heterocycles. The lowest BCUT2D eigenvalue weighted by Crippen LogP contribution is -2.43. The number of thiazole rings is 1. The maximum absolute atomic E-state index is 12.4. The van der Waals surface area contributed by atoms with Crippen molar-refractivity contribution in [3.63, 3.8) is 0 Å². The Morgan fingerprint density at radius 1 is 1.18 bits per heavy atom. The third kappa shape index (κ3) is 4.67. The number of likely N-dealkylation sites (N-methyl/N-ethyl adjacent to an activating group) is 1. The second-order valence-electron chi connectivity index (χ2n) is 7.10. The van der Waals surface area contributed by atoms with Crippen molar-refractivity contribution in [2.24, 2.45) is 0 Å². The van der Waals surface area contributed by atoms with Gasteiger partial charge in [0.2, 0.25) is 0 Å². The van der Waals surface area contributed by atoms with Crippen LogP contribution in [0.15, 0.2) is 52.5 Å². The number of furan rings is 1. The van der Waals surface area contributed by atoms with Gasteiger partial charge in [-0.15, -0.1) is 11.3 Å². The number of piperazine rings is 1. The summed E-state index contributed by atoms with van der Waals surface area (Å²) in [4.78, 5) is 21.6. The monoisotopic (exact) mass is 396 g/mol. The van der Waals surface area contributed by atoms with Crippen LogP contribution < -0.4 is 5.32 Å². The van der Waals surface area contributed by atoms with Crippen molar-refractivity contribution in [2.45, 2.75) is 13.1 Å². The Morgan fingerprint density at radius 3 is 2.79 bits per heavy atom. The van der Waals surface area contributed by atoms with Crippen LogP contribution in [0.4, 0.5) is 0 Å². The first-order valence-corrected chi connectivity index (χ1v) is 10.3. The van der Waals surface area contributed by atoms with Gasteiger partial charge in [-0.05, 0) is 30.3 Å². The second-order valence-corrected chi connectivity index (χ2v) is 7.96. The van der Waals surface area contributed by atoms with Crippen LogP contribution in [0.5, 0.6) is 0 Å². The Hall–Kier alpha value is -2.48. The van der Waals surface area contributed by atoms with Crippen molar-refractivity contribution in [1.82, 2.24) is 20.1 Å². The van der Waals surface area contributed by atoms with E-state index in [4.69, 9.17) is 4.42 Å². The average molecular weight is 397 g/mol. The number of carbonyl (C=O) groups excluding carboxylic acids is 1. The van der Waals surface area contributed by atoms with Crippen LogP contribution in [0.2, 0.25) is 0 Å². The molecule has 1 fully saturated rings. The Morgan fingerprint density at radius 2 is 2.00 bits per heavy atom. The first-order chi connectivity index (χ1) is 13.7. The van der Waals surface area contributed by atoms with Crippen LogP contribution in [-0.4, -0.2) is 53.9 Å². The molecule has 1 aliphatic rings. The maximum atomic E-state index is 12.4. The normalized spacial score (nSPS) is 15.6. The molecule has 1 N–H and O–H groups in total. The highest BCUT2D eigenvalue weighted by molar-refractivity contribution is 7.13. The van der Waals surface area contributed by atoms with Gasteiger partial charge in [-0.3, -0.25) is 9.69 Å². The molecule has 0 atom stereocenters. The molecule has 0 saturated carbocycles. The highest BCUT2D eigenvalue weighted by Crippen LogP contribution is 2.23. The quantitative estimate of drug-likeness (QED) is 0.694. The lowest BCUT2D eigenvalue weighted by molar-refractivity contribution is 0.0946. The highest BCUT2D eigenvalue weighted by atomic mass is 32.1. The molecular formula is C21H24N4O2S. The highest BCUT2D eigenvalue weighted by Gasteiger charge is 2.15. The van der Waals surface area contributed by atoms with Crippen molar-refractivity contribution >= 4 is 17.2 Å². The molecule has 1 aromatic carbocycles. The minimum absolute atomic E-state index is 0.168. The summed E-state index contributed by atoms with van der Waals surface area (Å²) in [5.74, 6) is 0.513. The van der Waals surface area contributed by atoms with E-state index in [9.17, 15) is 4.79 Å². The lowest BCUT2D eigenvalue weighted by Gasteiger charge is -2.32. The van der Waals surface area contributed by atoms with E-state index in [-0.39, 0.29) is 5.91 Å². The molecule has 0 unspecified atom stereocenters. The summed E-state index contributed by atoms with van der Waals surface area (Å²) in [5.41, 5.74) is 2.80. The van der Waals surface area contributed by atoms with E-state index in [1.54, 1.807) is 11.6 Å². The van der Waals surface area contributed by atoms with Crippen LogP contribution in [-0.2, 0) is 13.1 Å². The fraction of sp³-hybridized carbons (Fsp3) is 0.333. The standard InChI is InChI=1S/C21H24N4O2S/c1-24-7-9-25(10-8-24)14-17-5-2-4-16(12-17)13-22-20(26)18-15-28-21(23-18)19-6-3-11-27-19/h2-6,11-12,15H,7-10,13-14H2,1H3,(H,22,26). The van der Waals surface area contributed by atoms with Crippen LogP contribution in [0.3, 0.4) is 0 Å². The summed E-state index contributed by atoms with van der Waals surface area (Å²) in [6.45, 7) is 5.86. The number of rotatable bonds is 6. The van der Waals surface area contributed by atoms with Crippen molar-refractivity contribution in [2.75, 3.05) is 33.2 Å². The summed E-state index contributed by atoms with van der Waals surface area (Å²) >= 11 is 1.40. The van der Waals surface area contributed by atoms with E-state index in [2.05, 4.69) is 45.3 Å². The van der Waals surface area contributed by atoms with Gasteiger partial charge in [-0.2, -0.15) is 0 Å². The number of hydrogen-bond donors (Lipinski definition) is 1. The molecule has 146 valence electrons. The maximum Gasteiger partial charge on any atom is 0.271 e. The van der Waals surface area contributed by atoms with E-state index < -0.39 is 0 Å². The predicted molar refractivity (Wildman–Crippen MR) is 110 cm³/mol. The van der Waals surface area contributed by atoms with Crippen LogP contribution in [0.1, 0.15) is 21.6 Å². The molecule has 0 bridgehead atoms. The number of aromatic nitrogens is 1. The van der Waals surface area contributed by atoms with Gasteiger partial charge in [-0.1, -0.05) is 24.3 Å². The van der Waals surface area contributed by atoms with Crippen molar-refractivity contribution in [3.8, 4) is 10.8 Å². The number of nitrogens with one attached hydrogen (secondary N) is 1. The van der Waals surface area contributed by atoms with Gasteiger partial charge < -0.3 is 14.6 Å². The van der Waals surface area contributed by atoms with Gasteiger partial charge in [0.05, 0.1) is 6.26 Å². The molecule has 7 heteroatoms. The predicted octanol–water partition coefficient (Wildman–Crippen LogP) is 3.08. The molecule has 2 aromatic heterocycles. The van der Waals surface area contributed by atoms with Gasteiger partial charge in [0.1, 0.15) is 5.69 Å². The fourth-order valence-electron chi connectivity index (χ4n) is 3.27. The molecular weight excluding hydrogens is 372 g/mol. The van der Waals surface area contributed by atoms with Crippen LogP contribution >= 0.6 is 11.3 Å². The first kappa shape index (κ1) is 18.9. The van der Waals surface area contributed by atoms with Crippen molar-refractivity contribution < 1.29 is 9.21 Å². The average Bonchev–Trinajstić information content (AvgIpc) is 3.40. The number of benzene rings is 1. The molecule has 3 aromatic rings. The van der Waals surface area contributed by atoms with Gasteiger partial charge in [0.15, 0.2) is 10.8 Å². The zero-order valence-corrected chi connectivity index (χ0v) is 16.7. The van der Waals surface area contributed by atoms with Gasteiger partial charge in [0.25, 0.3) is 5.91 Å². The first-order valence-electron chi connectivity index (χ1n) is 9.44. The minimum atomic E-state index is -0.168. The molecule has 0 radical (unpaired) electrons. The number of carbonyl (C=O) groups is 1. The summed E-state index contributed by atoms with van der Waals surface area (Å²) in [6.07, 6.45) is 1.60. The van der Waals surface area contributed by atoms with E-state index in [1.807, 2.05) is 18.2 Å². The summed E-state index contributed by atoms with van der Waals surface area (Å²) in [5, 5.41) is 5.44. The van der Waals surface area contributed by atoms with Gasteiger partial charge >= 0.3 is 0 Å². The SMILES string of the molecule is CN1CCN(Cc2cccc(CNC(=O)c3csc(-c4ccco4)n3)c2)CC1. The Labute approximate surface area is 168 Å². The third-order valence-corrected chi connectivity index (χ3v) is 5.77. The van der Waals surface area contributed by atoms with Gasteiger partial charge in [-0.25, -0.2) is 4.98 Å². The molecule has 28 heavy (non-hydrogen) atoms. The van der Waals surface area contributed by atoms with E-state index >= 15 is 0 Å². The van der Waals surface area contributed by atoms with E-state index in [0.29, 0.717) is 23.0 Å². The smallest absolute Gasteiger partial charge is 0.271 e. The number of nitrogens with zero attached hydrogens (tertiary/aromatic N) is 3. The van der Waals surface area contributed by atoms with Crippen molar-refractivity contribution in [1.29, 1.82) is 0 Å². The largest absolute Gasteiger partial charge is 0.462 e. The zero-order chi connectivity index (χ0) is 19.3. The molecule has 1 aliphatic heterocycles. The topological polar surface area (TPSA) is 61.6 Å². The Balaban J connectivity index is 1.32. The molecule has 4 rings (SSSR count). The number of amides is 1. The zero-order valence-electron chi connectivity index (χ0n) is 15.9.